The van der Waals surface area contributed by atoms with Gasteiger partial charge in [-0.05, 0) is 36.9 Å². The maximum Gasteiger partial charge on any atom is 0.250 e. The third kappa shape index (κ3) is 3.76. The van der Waals surface area contributed by atoms with Gasteiger partial charge in [0.25, 0.3) is 0 Å². The summed E-state index contributed by atoms with van der Waals surface area (Å²) in [4.78, 5) is 0. The molecular formula is C12H20N2O3S2. The van der Waals surface area contributed by atoms with Gasteiger partial charge >= 0.3 is 0 Å². The Bertz CT molecular complexity index is 513. The Morgan fingerprint density at radius 3 is 2.95 bits per heavy atom. The lowest BCUT2D eigenvalue weighted by Gasteiger charge is -2.15. The lowest BCUT2D eigenvalue weighted by molar-refractivity contribution is 0.117. The van der Waals surface area contributed by atoms with Crippen molar-refractivity contribution in [2.24, 2.45) is 0 Å². The van der Waals surface area contributed by atoms with Crippen LogP contribution in [0.25, 0.3) is 0 Å². The maximum atomic E-state index is 12.2. The average molecular weight is 304 g/mol. The van der Waals surface area contributed by atoms with Crippen LogP contribution in [0.4, 0.5) is 0 Å². The summed E-state index contributed by atoms with van der Waals surface area (Å²) in [6, 6.07) is 1.61. The zero-order valence-electron chi connectivity index (χ0n) is 11.2. The molecule has 1 fully saturated rings. The molecule has 1 aliphatic heterocycles. The molecule has 2 N–H and O–H groups in total. The fraction of sp³-hybridized carbons (Fsp3) is 0.667. The molecule has 2 heterocycles. The van der Waals surface area contributed by atoms with Gasteiger partial charge in [0.1, 0.15) is 4.21 Å². The second-order valence-corrected chi connectivity index (χ2v) is 7.50. The van der Waals surface area contributed by atoms with E-state index in [1.165, 1.54) is 11.3 Å². The Hall–Kier alpha value is -0.470. The summed E-state index contributed by atoms with van der Waals surface area (Å²) in [5, 5.41) is 5.06. The monoisotopic (exact) mass is 304 g/mol. The van der Waals surface area contributed by atoms with Gasteiger partial charge in [-0.1, -0.05) is 6.92 Å². The highest BCUT2D eigenvalue weighted by Crippen LogP contribution is 2.22. The minimum atomic E-state index is -3.42. The fourth-order valence-electron chi connectivity index (χ4n) is 2.00. The van der Waals surface area contributed by atoms with Crippen molar-refractivity contribution in [3.8, 4) is 0 Å². The molecule has 1 aliphatic rings. The molecule has 0 saturated carbocycles. The molecule has 5 nitrogen and oxygen atoms in total. The second-order valence-electron chi connectivity index (χ2n) is 4.65. The summed E-state index contributed by atoms with van der Waals surface area (Å²) in [7, 11) is -3.42. The zero-order chi connectivity index (χ0) is 13.9. The maximum absolute atomic E-state index is 12.2. The summed E-state index contributed by atoms with van der Waals surface area (Å²) >= 11 is 1.26. The van der Waals surface area contributed by atoms with E-state index in [-0.39, 0.29) is 12.1 Å². The van der Waals surface area contributed by atoms with Crippen molar-refractivity contribution in [3.63, 3.8) is 0 Å². The number of hydrogen-bond donors (Lipinski definition) is 2. The number of thiophene rings is 1. The van der Waals surface area contributed by atoms with E-state index in [9.17, 15) is 8.42 Å². The van der Waals surface area contributed by atoms with Crippen molar-refractivity contribution < 1.29 is 13.2 Å². The molecule has 0 aromatic carbocycles. The summed E-state index contributed by atoms with van der Waals surface area (Å²) in [6.45, 7) is 6.10. The van der Waals surface area contributed by atoms with Crippen LogP contribution in [-0.2, 0) is 21.3 Å². The fourth-order valence-corrected chi connectivity index (χ4v) is 4.56. The molecule has 0 bridgehead atoms. The first-order chi connectivity index (χ1) is 9.03. The molecule has 2 rings (SSSR count). The molecular weight excluding hydrogens is 284 g/mol. The normalized spacial score (nSPS) is 23.9. The number of ether oxygens (including phenoxy) is 1. The third-order valence-corrected chi connectivity index (χ3v) is 6.13. The topological polar surface area (TPSA) is 67.4 Å². The van der Waals surface area contributed by atoms with E-state index in [0.29, 0.717) is 17.4 Å². The van der Waals surface area contributed by atoms with Crippen LogP contribution in [-0.4, -0.2) is 33.7 Å². The SMILES string of the molecule is CCNCc1csc(S(=O)(=O)NC2CCOC2C)c1. The largest absolute Gasteiger partial charge is 0.377 e. The molecule has 2 unspecified atom stereocenters. The third-order valence-electron chi connectivity index (χ3n) is 3.16. The van der Waals surface area contributed by atoms with Gasteiger partial charge in [0.2, 0.25) is 10.0 Å². The Morgan fingerprint density at radius 2 is 2.32 bits per heavy atom. The van der Waals surface area contributed by atoms with Gasteiger partial charge in [-0.25, -0.2) is 13.1 Å². The van der Waals surface area contributed by atoms with Crippen LogP contribution < -0.4 is 10.0 Å². The average Bonchev–Trinajstić information content (AvgIpc) is 2.97. The minimum Gasteiger partial charge on any atom is -0.377 e. The van der Waals surface area contributed by atoms with Crippen molar-refractivity contribution in [2.75, 3.05) is 13.2 Å². The molecule has 1 saturated heterocycles. The first-order valence-corrected chi connectivity index (χ1v) is 8.81. The Kier molecular flexibility index (Phi) is 4.97. The lowest BCUT2D eigenvalue weighted by Crippen LogP contribution is -2.38. The second kappa shape index (κ2) is 6.32. The van der Waals surface area contributed by atoms with E-state index < -0.39 is 10.0 Å². The van der Waals surface area contributed by atoms with E-state index >= 15 is 0 Å². The van der Waals surface area contributed by atoms with Crippen LogP contribution in [0.3, 0.4) is 0 Å². The van der Waals surface area contributed by atoms with Crippen LogP contribution in [0.5, 0.6) is 0 Å². The summed E-state index contributed by atoms with van der Waals surface area (Å²) in [6.07, 6.45) is 0.673. The van der Waals surface area contributed by atoms with Gasteiger partial charge in [0.05, 0.1) is 12.1 Å². The summed E-state index contributed by atoms with van der Waals surface area (Å²) in [5.74, 6) is 0. The number of sulfonamides is 1. The number of rotatable bonds is 6. The molecule has 2 atom stereocenters. The minimum absolute atomic E-state index is 0.0593. The van der Waals surface area contributed by atoms with Crippen LogP contribution in [0.2, 0.25) is 0 Å². The van der Waals surface area contributed by atoms with E-state index in [1.54, 1.807) is 6.07 Å². The van der Waals surface area contributed by atoms with Crippen LogP contribution >= 0.6 is 11.3 Å². The lowest BCUT2D eigenvalue weighted by atomic mass is 10.2. The molecule has 1 aromatic rings. The van der Waals surface area contributed by atoms with Gasteiger partial charge in [0, 0.05) is 13.2 Å². The zero-order valence-corrected chi connectivity index (χ0v) is 12.8. The van der Waals surface area contributed by atoms with Gasteiger partial charge < -0.3 is 10.1 Å². The molecule has 0 aliphatic carbocycles. The van der Waals surface area contributed by atoms with Crippen LogP contribution in [0.15, 0.2) is 15.7 Å². The highest BCUT2D eigenvalue weighted by Gasteiger charge is 2.29. The smallest absolute Gasteiger partial charge is 0.250 e. The summed E-state index contributed by atoms with van der Waals surface area (Å²) < 4.78 is 33.0. The van der Waals surface area contributed by atoms with Crippen molar-refractivity contribution in [2.45, 2.75) is 43.2 Å². The molecule has 0 radical (unpaired) electrons. The predicted molar refractivity (Wildman–Crippen MR) is 75.8 cm³/mol. The van der Waals surface area contributed by atoms with Crippen molar-refractivity contribution >= 4 is 21.4 Å². The summed E-state index contributed by atoms with van der Waals surface area (Å²) in [5.41, 5.74) is 1.00. The number of nitrogens with one attached hydrogen (secondary N) is 2. The quantitative estimate of drug-likeness (QED) is 0.831. The van der Waals surface area contributed by atoms with Gasteiger partial charge in [-0.3, -0.25) is 0 Å². The van der Waals surface area contributed by atoms with Crippen molar-refractivity contribution in [1.29, 1.82) is 0 Å². The van der Waals surface area contributed by atoms with Gasteiger partial charge in [-0.15, -0.1) is 11.3 Å². The molecule has 0 amide bonds. The molecule has 7 heteroatoms. The Balaban J connectivity index is 2.04. The van der Waals surface area contributed by atoms with Crippen molar-refractivity contribution in [3.05, 3.63) is 17.0 Å². The van der Waals surface area contributed by atoms with Crippen LogP contribution in [0, 0.1) is 0 Å². The van der Waals surface area contributed by atoms with Gasteiger partial charge in [0.15, 0.2) is 0 Å². The van der Waals surface area contributed by atoms with Crippen molar-refractivity contribution in [1.82, 2.24) is 10.0 Å². The number of hydrogen-bond acceptors (Lipinski definition) is 5. The molecule has 19 heavy (non-hydrogen) atoms. The highest BCUT2D eigenvalue weighted by molar-refractivity contribution is 7.91. The molecule has 108 valence electrons. The Morgan fingerprint density at radius 1 is 1.53 bits per heavy atom. The highest BCUT2D eigenvalue weighted by atomic mass is 32.2. The predicted octanol–water partition coefficient (Wildman–Crippen LogP) is 1.31. The van der Waals surface area contributed by atoms with Crippen LogP contribution in [0.1, 0.15) is 25.8 Å². The first kappa shape index (κ1) is 14.9. The standard InChI is InChI=1S/C12H20N2O3S2/c1-3-13-7-10-6-12(18-8-10)19(15,16)14-11-4-5-17-9(11)2/h6,8-9,11,13-14H,3-5,7H2,1-2H3. The first-order valence-electron chi connectivity index (χ1n) is 6.45. The van der Waals surface area contributed by atoms with E-state index in [1.807, 2.05) is 19.2 Å². The molecule has 1 aromatic heterocycles. The Labute approximate surface area is 118 Å². The van der Waals surface area contributed by atoms with E-state index in [2.05, 4.69) is 10.0 Å². The molecule has 0 spiro atoms. The van der Waals surface area contributed by atoms with E-state index in [0.717, 1.165) is 18.5 Å². The van der Waals surface area contributed by atoms with Gasteiger partial charge in [-0.2, -0.15) is 0 Å². The van der Waals surface area contributed by atoms with E-state index in [4.69, 9.17) is 4.74 Å².